The van der Waals surface area contributed by atoms with Gasteiger partial charge in [0.15, 0.2) is 5.82 Å². The first kappa shape index (κ1) is 17.9. The molecule has 10 heteroatoms. The Morgan fingerprint density at radius 3 is 3.07 bits per heavy atom. The van der Waals surface area contributed by atoms with Crippen molar-refractivity contribution in [2.45, 2.75) is 44.2 Å². The summed E-state index contributed by atoms with van der Waals surface area (Å²) in [4.78, 5) is 23.3. The van der Waals surface area contributed by atoms with Crippen molar-refractivity contribution in [1.82, 2.24) is 24.6 Å². The Hall–Kier alpha value is -3.14. The number of aliphatic hydroxyl groups is 1. The van der Waals surface area contributed by atoms with Crippen LogP contribution in [0.3, 0.4) is 0 Å². The molecular weight excluding hydrogens is 374 g/mol. The number of nitrogens with zero attached hydrogens (tertiary/aromatic N) is 5. The van der Waals surface area contributed by atoms with Crippen LogP contribution in [0.1, 0.15) is 37.8 Å². The van der Waals surface area contributed by atoms with E-state index in [2.05, 4.69) is 25.5 Å². The van der Waals surface area contributed by atoms with E-state index >= 15 is 0 Å². The van der Waals surface area contributed by atoms with E-state index in [9.17, 15) is 9.90 Å². The maximum atomic E-state index is 12.4. The second-order valence-electron chi connectivity index (χ2n) is 7.50. The molecule has 0 bridgehead atoms. The van der Waals surface area contributed by atoms with Crippen LogP contribution in [0.4, 0.5) is 17.7 Å². The fourth-order valence-electron chi connectivity index (χ4n) is 3.75. The number of rotatable bonds is 6. The van der Waals surface area contributed by atoms with Crippen LogP contribution in [-0.2, 0) is 9.53 Å². The van der Waals surface area contributed by atoms with Gasteiger partial charge in [0.1, 0.15) is 11.7 Å². The van der Waals surface area contributed by atoms with E-state index in [4.69, 9.17) is 4.74 Å². The van der Waals surface area contributed by atoms with Gasteiger partial charge in [0.05, 0.1) is 12.7 Å². The summed E-state index contributed by atoms with van der Waals surface area (Å²) in [5.74, 6) is 1.77. The first-order chi connectivity index (χ1) is 14.1. The van der Waals surface area contributed by atoms with E-state index in [0.717, 1.165) is 5.69 Å². The lowest BCUT2D eigenvalue weighted by molar-refractivity contribution is -0.144. The molecule has 1 aliphatic carbocycles. The van der Waals surface area contributed by atoms with Crippen molar-refractivity contribution in [3.05, 3.63) is 30.1 Å². The minimum Gasteiger partial charge on any atom is -0.464 e. The topological polar surface area (TPSA) is 121 Å². The van der Waals surface area contributed by atoms with Gasteiger partial charge in [-0.15, -0.1) is 0 Å². The second-order valence-corrected chi connectivity index (χ2v) is 7.50. The molecule has 5 rings (SSSR count). The van der Waals surface area contributed by atoms with Gasteiger partial charge in [-0.2, -0.15) is 15.1 Å². The number of esters is 1. The molecule has 2 aliphatic rings. The Labute approximate surface area is 166 Å². The Morgan fingerprint density at radius 2 is 2.28 bits per heavy atom. The van der Waals surface area contributed by atoms with E-state index in [0.29, 0.717) is 35.7 Å². The molecule has 4 heterocycles. The van der Waals surface area contributed by atoms with E-state index in [-0.39, 0.29) is 19.1 Å². The van der Waals surface area contributed by atoms with Crippen LogP contribution in [0.2, 0.25) is 0 Å². The van der Waals surface area contributed by atoms with Crippen molar-refractivity contribution in [2.75, 3.05) is 23.4 Å². The van der Waals surface area contributed by atoms with Crippen LogP contribution in [0.5, 0.6) is 0 Å². The van der Waals surface area contributed by atoms with E-state index in [1.165, 1.54) is 12.8 Å². The smallest absolute Gasteiger partial charge is 0.328 e. The van der Waals surface area contributed by atoms with E-state index in [1.54, 1.807) is 11.8 Å². The second kappa shape index (κ2) is 7.03. The molecule has 3 N–H and O–H groups in total. The summed E-state index contributed by atoms with van der Waals surface area (Å²) in [5, 5.41) is 20.8. The lowest BCUT2D eigenvalue weighted by Gasteiger charge is -2.23. The average molecular weight is 397 g/mol. The maximum Gasteiger partial charge on any atom is 0.328 e. The summed E-state index contributed by atoms with van der Waals surface area (Å²) in [6, 6.07) is 5.13. The SMILES string of the molecule is CCOC(=O)C1CC(O)CN1c1nc(Nc2cc(C3CC3)[nH]n2)n2cccc2n1. The van der Waals surface area contributed by atoms with Gasteiger partial charge in [-0.3, -0.25) is 9.50 Å². The Kier molecular flexibility index (Phi) is 4.35. The van der Waals surface area contributed by atoms with Gasteiger partial charge in [-0.1, -0.05) is 0 Å². The number of hydrogen-bond acceptors (Lipinski definition) is 8. The summed E-state index contributed by atoms with van der Waals surface area (Å²) in [7, 11) is 0. The number of aromatic amines is 1. The molecule has 0 amide bonds. The largest absolute Gasteiger partial charge is 0.464 e. The minimum absolute atomic E-state index is 0.272. The minimum atomic E-state index is -0.639. The van der Waals surface area contributed by atoms with Gasteiger partial charge in [0.2, 0.25) is 11.9 Å². The third-order valence-electron chi connectivity index (χ3n) is 5.33. The summed E-state index contributed by atoms with van der Waals surface area (Å²) >= 11 is 0. The zero-order chi connectivity index (χ0) is 20.0. The first-order valence-corrected chi connectivity index (χ1v) is 9.91. The fraction of sp³-hybridized carbons (Fsp3) is 0.474. The van der Waals surface area contributed by atoms with Crippen molar-refractivity contribution >= 4 is 29.3 Å². The zero-order valence-electron chi connectivity index (χ0n) is 16.1. The standard InChI is InChI=1S/C19H23N7O3/c1-2-29-17(28)14-8-12(27)10-26(14)19-21-16-4-3-7-25(16)18(22-19)20-15-9-13(23-24-15)11-5-6-11/h3-4,7,9,11-12,14,27H,2,5-6,8,10H2,1H3,(H2,20,21,22,23,24). The fourth-order valence-corrected chi connectivity index (χ4v) is 3.75. The summed E-state index contributed by atoms with van der Waals surface area (Å²) in [5.41, 5.74) is 1.80. The quantitative estimate of drug-likeness (QED) is 0.536. The number of aromatic nitrogens is 5. The lowest BCUT2D eigenvalue weighted by atomic mass is 10.2. The summed E-state index contributed by atoms with van der Waals surface area (Å²) < 4.78 is 6.99. The molecule has 2 atom stereocenters. The number of carbonyl (C=O) groups excluding carboxylic acids is 1. The Balaban J connectivity index is 1.48. The highest BCUT2D eigenvalue weighted by Crippen LogP contribution is 2.39. The molecule has 0 radical (unpaired) electrons. The number of H-pyrrole nitrogens is 1. The predicted octanol–water partition coefficient (Wildman–Crippen LogP) is 1.58. The summed E-state index contributed by atoms with van der Waals surface area (Å²) in [6.45, 7) is 2.32. The third-order valence-corrected chi connectivity index (χ3v) is 5.33. The van der Waals surface area contributed by atoms with Gasteiger partial charge in [0.25, 0.3) is 0 Å². The number of carbonyl (C=O) groups is 1. The zero-order valence-corrected chi connectivity index (χ0v) is 16.1. The third kappa shape index (κ3) is 3.39. The van der Waals surface area contributed by atoms with Gasteiger partial charge >= 0.3 is 5.97 Å². The van der Waals surface area contributed by atoms with Gasteiger partial charge in [0, 0.05) is 36.8 Å². The number of β-amino-alcohol motifs (C(OH)–C–C–N with tert-alkyl or cyclic N) is 1. The molecule has 2 fully saturated rings. The van der Waals surface area contributed by atoms with Crippen molar-refractivity contribution in [3.8, 4) is 0 Å². The number of fused-ring (bicyclic) bond motifs is 1. The highest BCUT2D eigenvalue weighted by atomic mass is 16.5. The molecular formula is C19H23N7O3. The van der Waals surface area contributed by atoms with Crippen molar-refractivity contribution in [3.63, 3.8) is 0 Å². The van der Waals surface area contributed by atoms with E-state index < -0.39 is 12.1 Å². The molecule has 3 aromatic rings. The van der Waals surface area contributed by atoms with Crippen LogP contribution >= 0.6 is 0 Å². The highest BCUT2D eigenvalue weighted by molar-refractivity contribution is 5.80. The van der Waals surface area contributed by atoms with Gasteiger partial charge in [-0.25, -0.2) is 4.79 Å². The molecule has 2 unspecified atom stereocenters. The van der Waals surface area contributed by atoms with Crippen LogP contribution in [0, 0.1) is 0 Å². The van der Waals surface area contributed by atoms with Gasteiger partial charge < -0.3 is 20.1 Å². The number of hydrogen-bond donors (Lipinski definition) is 3. The molecule has 0 aromatic carbocycles. The molecule has 1 saturated heterocycles. The van der Waals surface area contributed by atoms with Crippen molar-refractivity contribution < 1.29 is 14.6 Å². The number of aliphatic hydroxyl groups excluding tert-OH is 1. The Morgan fingerprint density at radius 1 is 1.41 bits per heavy atom. The van der Waals surface area contributed by atoms with Crippen LogP contribution in [-0.4, -0.2) is 60.9 Å². The number of anilines is 3. The molecule has 10 nitrogen and oxygen atoms in total. The molecule has 1 saturated carbocycles. The van der Waals surface area contributed by atoms with Crippen molar-refractivity contribution in [2.24, 2.45) is 0 Å². The molecule has 1 aliphatic heterocycles. The van der Waals surface area contributed by atoms with Gasteiger partial charge in [-0.05, 0) is 31.9 Å². The predicted molar refractivity (Wildman–Crippen MR) is 105 cm³/mol. The lowest BCUT2D eigenvalue weighted by Crippen LogP contribution is -2.38. The molecule has 0 spiro atoms. The van der Waals surface area contributed by atoms with E-state index in [1.807, 2.05) is 28.8 Å². The molecule has 152 valence electrons. The number of nitrogens with one attached hydrogen (secondary N) is 2. The normalized spacial score (nSPS) is 21.7. The maximum absolute atomic E-state index is 12.4. The van der Waals surface area contributed by atoms with Crippen LogP contribution in [0.15, 0.2) is 24.4 Å². The summed E-state index contributed by atoms with van der Waals surface area (Å²) in [6.07, 6.45) is 3.89. The monoisotopic (exact) mass is 397 g/mol. The average Bonchev–Trinajstić information content (AvgIpc) is 3.10. The van der Waals surface area contributed by atoms with Crippen molar-refractivity contribution in [1.29, 1.82) is 0 Å². The Bertz CT molecular complexity index is 1040. The number of ether oxygens (including phenoxy) is 1. The molecule has 3 aromatic heterocycles. The highest BCUT2D eigenvalue weighted by Gasteiger charge is 2.39. The molecule has 29 heavy (non-hydrogen) atoms. The first-order valence-electron chi connectivity index (χ1n) is 9.91. The van der Waals surface area contributed by atoms with Crippen LogP contribution in [0.25, 0.3) is 5.65 Å². The van der Waals surface area contributed by atoms with Crippen LogP contribution < -0.4 is 10.2 Å².